The quantitative estimate of drug-likeness (QED) is 0.131. The van der Waals surface area contributed by atoms with Crippen molar-refractivity contribution < 1.29 is 19.1 Å². The van der Waals surface area contributed by atoms with Crippen LogP contribution in [-0.2, 0) is 16.2 Å². The first-order valence-electron chi connectivity index (χ1n) is 18.3. The van der Waals surface area contributed by atoms with Crippen LogP contribution >= 0.6 is 11.6 Å². The zero-order valence-corrected chi connectivity index (χ0v) is 30.1. The molecule has 1 N–H and O–H groups in total. The van der Waals surface area contributed by atoms with E-state index in [2.05, 4.69) is 46.6 Å². The van der Waals surface area contributed by atoms with Crippen molar-refractivity contribution in [1.82, 2.24) is 5.32 Å². The standard InChI is InChI=1S/C46H36ClN3O4/c47-34-18-19-42(54-28-32-16-9-15-29-14-7-8-17-36(29)32)33(24-34)25-41-44(51)48-46(53)50(45(41)52)35-26-39-37(30-10-3-1-4-11-30)20-22-49-23-21-38(40(27-35)43(39)49)31-12-5-2-6-13-31/h1-19,24-27,37-38H,20-23,28H2,(H,48,51,53)/b41-25+/t37-,38-/m1/s1. The van der Waals surface area contributed by atoms with Gasteiger partial charge in [0.2, 0.25) is 0 Å². The molecule has 3 aliphatic rings. The summed E-state index contributed by atoms with van der Waals surface area (Å²) < 4.78 is 6.32. The highest BCUT2D eigenvalue weighted by molar-refractivity contribution is 6.39. The molecule has 2 atom stereocenters. The molecule has 4 amide bonds. The minimum atomic E-state index is -0.788. The van der Waals surface area contributed by atoms with Gasteiger partial charge in [0, 0.05) is 41.2 Å². The van der Waals surface area contributed by atoms with E-state index in [1.807, 2.05) is 78.9 Å². The number of carbonyl (C=O) groups is 3. The van der Waals surface area contributed by atoms with Gasteiger partial charge in [0.05, 0.1) is 5.69 Å². The number of ether oxygens (including phenoxy) is 1. The van der Waals surface area contributed by atoms with E-state index >= 15 is 0 Å². The van der Waals surface area contributed by atoms with Crippen molar-refractivity contribution in [2.75, 3.05) is 22.9 Å². The van der Waals surface area contributed by atoms with E-state index in [-0.39, 0.29) is 24.0 Å². The van der Waals surface area contributed by atoms with Crippen LogP contribution in [0.15, 0.2) is 139 Å². The molecule has 8 heteroatoms. The van der Waals surface area contributed by atoms with E-state index in [9.17, 15) is 14.4 Å². The maximum absolute atomic E-state index is 14.5. The van der Waals surface area contributed by atoms with Gasteiger partial charge in [-0.2, -0.15) is 0 Å². The van der Waals surface area contributed by atoms with Gasteiger partial charge >= 0.3 is 6.03 Å². The Morgan fingerprint density at radius 2 is 1.35 bits per heavy atom. The summed E-state index contributed by atoms with van der Waals surface area (Å²) in [6.07, 6.45) is 3.26. The van der Waals surface area contributed by atoms with Gasteiger partial charge in [-0.3, -0.25) is 14.9 Å². The number of imide groups is 2. The Morgan fingerprint density at radius 3 is 2.04 bits per heavy atom. The summed E-state index contributed by atoms with van der Waals surface area (Å²) in [5, 5.41) is 5.02. The molecule has 0 spiro atoms. The number of amides is 4. The lowest BCUT2D eigenvalue weighted by Gasteiger charge is -2.44. The maximum Gasteiger partial charge on any atom is 0.335 e. The van der Waals surface area contributed by atoms with E-state index in [1.54, 1.807) is 18.2 Å². The lowest BCUT2D eigenvalue weighted by molar-refractivity contribution is -0.122. The van der Waals surface area contributed by atoms with Crippen molar-refractivity contribution in [3.63, 3.8) is 0 Å². The van der Waals surface area contributed by atoms with E-state index in [4.69, 9.17) is 16.3 Å². The summed E-state index contributed by atoms with van der Waals surface area (Å²) in [6.45, 7) is 2.08. The van der Waals surface area contributed by atoms with E-state index in [1.165, 1.54) is 22.9 Å². The molecule has 0 bridgehead atoms. The minimum Gasteiger partial charge on any atom is -0.488 e. The molecule has 3 aliphatic heterocycles. The fourth-order valence-electron chi connectivity index (χ4n) is 8.35. The van der Waals surface area contributed by atoms with Crippen molar-refractivity contribution in [2.24, 2.45) is 0 Å². The van der Waals surface area contributed by atoms with Gasteiger partial charge in [-0.05, 0) is 87.8 Å². The third-order valence-electron chi connectivity index (χ3n) is 10.9. The number of hydrogen-bond acceptors (Lipinski definition) is 5. The minimum absolute atomic E-state index is 0.0678. The highest BCUT2D eigenvalue weighted by Crippen LogP contribution is 2.50. The van der Waals surface area contributed by atoms with Crippen molar-refractivity contribution in [3.05, 3.63) is 177 Å². The summed E-state index contributed by atoms with van der Waals surface area (Å²) in [7, 11) is 0. The molecule has 3 heterocycles. The summed E-state index contributed by atoms with van der Waals surface area (Å²) in [5.41, 5.74) is 7.34. The summed E-state index contributed by atoms with van der Waals surface area (Å²) in [6, 6.07) is 43.1. The monoisotopic (exact) mass is 729 g/mol. The van der Waals surface area contributed by atoms with Crippen molar-refractivity contribution in [3.8, 4) is 5.75 Å². The number of hydrogen-bond donors (Lipinski definition) is 1. The Balaban J connectivity index is 1.12. The molecule has 7 nitrogen and oxygen atoms in total. The lowest BCUT2D eigenvalue weighted by Crippen LogP contribution is -2.54. The molecular formula is C46H36ClN3O4. The zero-order chi connectivity index (χ0) is 36.8. The van der Waals surface area contributed by atoms with Crippen LogP contribution in [0.1, 0.15) is 58.1 Å². The number of barbiturate groups is 1. The molecule has 0 unspecified atom stereocenters. The Labute approximate surface area is 318 Å². The van der Waals surface area contributed by atoms with Crippen LogP contribution in [0, 0.1) is 0 Å². The summed E-state index contributed by atoms with van der Waals surface area (Å²) >= 11 is 6.46. The van der Waals surface area contributed by atoms with Gasteiger partial charge in [0.15, 0.2) is 0 Å². The van der Waals surface area contributed by atoms with Crippen LogP contribution in [0.4, 0.5) is 16.2 Å². The van der Waals surface area contributed by atoms with Crippen LogP contribution in [0.2, 0.25) is 5.02 Å². The third kappa shape index (κ3) is 6.10. The molecule has 6 aromatic carbocycles. The van der Waals surface area contributed by atoms with Crippen molar-refractivity contribution >= 4 is 57.7 Å². The number of urea groups is 1. The van der Waals surface area contributed by atoms with Crippen molar-refractivity contribution in [1.29, 1.82) is 0 Å². The summed E-state index contributed by atoms with van der Waals surface area (Å²) in [4.78, 5) is 45.3. The number of rotatable bonds is 7. The maximum atomic E-state index is 14.5. The average Bonchev–Trinajstić information content (AvgIpc) is 3.20. The number of halogens is 1. The number of nitrogens with one attached hydrogen (secondary N) is 1. The molecule has 0 aliphatic carbocycles. The zero-order valence-electron chi connectivity index (χ0n) is 29.4. The second kappa shape index (κ2) is 14.0. The molecule has 0 saturated carbocycles. The van der Waals surface area contributed by atoms with Crippen LogP contribution in [-0.4, -0.2) is 30.9 Å². The van der Waals surface area contributed by atoms with Crippen molar-refractivity contribution in [2.45, 2.75) is 31.3 Å². The highest BCUT2D eigenvalue weighted by atomic mass is 35.5. The Bertz CT molecular complexity index is 2400. The Kier molecular flexibility index (Phi) is 8.72. The van der Waals surface area contributed by atoms with Gasteiger partial charge in [-0.15, -0.1) is 0 Å². The number of benzene rings is 6. The molecular weight excluding hydrogens is 694 g/mol. The Hall–Kier alpha value is -6.18. The second-order valence-electron chi connectivity index (χ2n) is 14.0. The predicted molar refractivity (Wildman–Crippen MR) is 213 cm³/mol. The largest absolute Gasteiger partial charge is 0.488 e. The predicted octanol–water partition coefficient (Wildman–Crippen LogP) is 9.62. The summed E-state index contributed by atoms with van der Waals surface area (Å²) in [5.74, 6) is -0.919. The fourth-order valence-corrected chi connectivity index (χ4v) is 8.53. The molecule has 0 aromatic heterocycles. The smallest absolute Gasteiger partial charge is 0.335 e. The van der Waals surface area contributed by atoms with E-state index < -0.39 is 17.8 Å². The van der Waals surface area contributed by atoms with Gasteiger partial charge in [-0.1, -0.05) is 115 Å². The van der Waals surface area contributed by atoms with Gasteiger partial charge in [0.1, 0.15) is 17.9 Å². The topological polar surface area (TPSA) is 79.0 Å². The fraction of sp³-hybridized carbons (Fsp3) is 0.152. The number of nitrogens with zero attached hydrogens (tertiary/aromatic N) is 2. The first-order chi connectivity index (χ1) is 26.4. The van der Waals surface area contributed by atoms with Gasteiger partial charge in [0.25, 0.3) is 11.8 Å². The first kappa shape index (κ1) is 33.6. The van der Waals surface area contributed by atoms with Crippen LogP contribution in [0.5, 0.6) is 5.75 Å². The SMILES string of the molecule is O=C1NC(=O)N(c2cc3c4c(c2)[C@@H](c2ccccc2)CCN4CC[C@@H]3c2ccccc2)C(=O)/C1=C/c1cc(Cl)ccc1OCc1cccc2ccccc12. The molecule has 6 aromatic rings. The van der Waals surface area contributed by atoms with E-state index in [0.717, 1.165) is 58.3 Å². The molecule has 1 fully saturated rings. The second-order valence-corrected chi connectivity index (χ2v) is 14.5. The molecule has 1 saturated heterocycles. The molecule has 54 heavy (non-hydrogen) atoms. The molecule has 0 radical (unpaired) electrons. The number of fused-ring (bicyclic) bond motifs is 1. The van der Waals surface area contributed by atoms with Crippen LogP contribution < -0.4 is 19.9 Å². The normalized spacial score (nSPS) is 18.8. The van der Waals surface area contributed by atoms with Crippen LogP contribution in [0.25, 0.3) is 16.8 Å². The van der Waals surface area contributed by atoms with Gasteiger partial charge < -0.3 is 9.64 Å². The Morgan fingerprint density at radius 1 is 0.722 bits per heavy atom. The van der Waals surface area contributed by atoms with Gasteiger partial charge in [-0.25, -0.2) is 9.69 Å². The average molecular weight is 730 g/mol. The first-order valence-corrected chi connectivity index (χ1v) is 18.6. The van der Waals surface area contributed by atoms with Crippen LogP contribution in [0.3, 0.4) is 0 Å². The van der Waals surface area contributed by atoms with E-state index in [0.29, 0.717) is 22.0 Å². The molecule has 9 rings (SSSR count). The highest BCUT2D eigenvalue weighted by Gasteiger charge is 2.40. The number of carbonyl (C=O) groups excluding carboxylic acids is 3. The number of anilines is 2. The third-order valence-corrected chi connectivity index (χ3v) is 11.1. The lowest BCUT2D eigenvalue weighted by atomic mass is 9.76. The molecule has 266 valence electrons.